The number of hydrogen-bond donors (Lipinski definition) is 4. The van der Waals surface area contributed by atoms with E-state index in [1.54, 1.807) is 0 Å². The molecule has 0 bridgehead atoms. The van der Waals surface area contributed by atoms with E-state index in [-0.39, 0.29) is 11.3 Å². The van der Waals surface area contributed by atoms with Gasteiger partial charge in [0.05, 0.1) is 11.7 Å². The summed E-state index contributed by atoms with van der Waals surface area (Å²) in [5.74, 6) is -3.20. The first kappa shape index (κ1) is 13.9. The summed E-state index contributed by atoms with van der Waals surface area (Å²) in [6.45, 7) is 1.21. The summed E-state index contributed by atoms with van der Waals surface area (Å²) in [5, 5.41) is 20.0. The highest BCUT2D eigenvalue weighted by atomic mass is 19.1. The molecule has 0 saturated carbocycles. The van der Waals surface area contributed by atoms with E-state index in [0.717, 1.165) is 12.1 Å². The van der Waals surface area contributed by atoms with Crippen molar-refractivity contribution in [3.63, 3.8) is 0 Å². The van der Waals surface area contributed by atoms with Crippen LogP contribution in [0, 0.1) is 5.82 Å². The molecule has 18 heavy (non-hydrogen) atoms. The Morgan fingerprint density at radius 3 is 2.50 bits per heavy atom. The number of carbonyl (C=O) groups is 2. The number of hydrogen-bond acceptors (Lipinski definition) is 4. The third-order valence-electron chi connectivity index (χ3n) is 2.27. The van der Waals surface area contributed by atoms with Crippen molar-refractivity contribution in [3.05, 3.63) is 29.6 Å². The van der Waals surface area contributed by atoms with Crippen molar-refractivity contribution < 1.29 is 24.2 Å². The Bertz CT molecular complexity index is 476. The second-order valence-electron chi connectivity index (χ2n) is 3.77. The van der Waals surface area contributed by atoms with Gasteiger partial charge in [-0.05, 0) is 25.1 Å². The summed E-state index contributed by atoms with van der Waals surface area (Å²) in [5.41, 5.74) is 5.13. The fraction of sp³-hybridized carbons (Fsp3) is 0.273. The van der Waals surface area contributed by atoms with Crippen molar-refractivity contribution in [3.8, 4) is 0 Å². The molecule has 0 aliphatic rings. The molecule has 0 fully saturated rings. The summed E-state index contributed by atoms with van der Waals surface area (Å²) >= 11 is 0. The van der Waals surface area contributed by atoms with Crippen LogP contribution in [0.25, 0.3) is 0 Å². The van der Waals surface area contributed by atoms with Gasteiger partial charge in [0.25, 0.3) is 5.91 Å². The number of nitrogens with two attached hydrogens (primary N) is 1. The lowest BCUT2D eigenvalue weighted by atomic mass is 10.1. The number of carbonyl (C=O) groups excluding carboxylic acids is 1. The average Bonchev–Trinajstić information content (AvgIpc) is 2.24. The van der Waals surface area contributed by atoms with E-state index in [9.17, 15) is 19.1 Å². The number of nitrogens with one attached hydrogen (secondary N) is 1. The highest BCUT2D eigenvalue weighted by Gasteiger charge is 2.26. The van der Waals surface area contributed by atoms with Gasteiger partial charge in [0.15, 0.2) is 6.04 Å². The van der Waals surface area contributed by atoms with Crippen LogP contribution in [0.5, 0.6) is 0 Å². The van der Waals surface area contributed by atoms with E-state index < -0.39 is 29.8 Å². The number of aliphatic hydroxyl groups excluding tert-OH is 1. The number of amides is 1. The third kappa shape index (κ3) is 3.17. The topological polar surface area (TPSA) is 113 Å². The molecule has 0 radical (unpaired) electrons. The standard InChI is InChI=1S/C11H13FN2O4/c1-5(15)9(11(17)18)14-10(16)7-3-2-6(13)4-8(7)12/h2-5,9,15H,13H2,1H3,(H,14,16)(H,17,18). The minimum Gasteiger partial charge on any atom is -0.480 e. The van der Waals surface area contributed by atoms with E-state index in [0.29, 0.717) is 0 Å². The number of benzene rings is 1. The zero-order valence-corrected chi connectivity index (χ0v) is 9.55. The van der Waals surface area contributed by atoms with Gasteiger partial charge in [0.1, 0.15) is 5.82 Å². The van der Waals surface area contributed by atoms with Gasteiger partial charge in [-0.1, -0.05) is 0 Å². The first-order valence-corrected chi connectivity index (χ1v) is 5.09. The van der Waals surface area contributed by atoms with Gasteiger partial charge < -0.3 is 21.3 Å². The summed E-state index contributed by atoms with van der Waals surface area (Å²) < 4.78 is 13.4. The third-order valence-corrected chi connectivity index (χ3v) is 2.27. The normalized spacial score (nSPS) is 13.7. The summed E-state index contributed by atoms with van der Waals surface area (Å²) in [6, 6.07) is 1.90. The Morgan fingerprint density at radius 1 is 1.44 bits per heavy atom. The number of halogens is 1. The lowest BCUT2D eigenvalue weighted by Crippen LogP contribution is -2.47. The van der Waals surface area contributed by atoms with Crippen LogP contribution >= 0.6 is 0 Å². The Kier molecular flexibility index (Phi) is 4.22. The van der Waals surface area contributed by atoms with Crippen molar-refractivity contribution >= 4 is 17.6 Å². The van der Waals surface area contributed by atoms with Crippen LogP contribution in [0.1, 0.15) is 17.3 Å². The minimum absolute atomic E-state index is 0.148. The van der Waals surface area contributed by atoms with Crippen molar-refractivity contribution in [1.82, 2.24) is 5.32 Å². The van der Waals surface area contributed by atoms with E-state index >= 15 is 0 Å². The second-order valence-corrected chi connectivity index (χ2v) is 3.77. The molecule has 0 aliphatic heterocycles. The van der Waals surface area contributed by atoms with Gasteiger partial charge in [-0.25, -0.2) is 9.18 Å². The maximum Gasteiger partial charge on any atom is 0.328 e. The molecule has 0 spiro atoms. The molecule has 5 N–H and O–H groups in total. The number of carboxylic acids is 1. The molecule has 0 aromatic heterocycles. The quantitative estimate of drug-likeness (QED) is 0.565. The summed E-state index contributed by atoms with van der Waals surface area (Å²) in [7, 11) is 0. The lowest BCUT2D eigenvalue weighted by molar-refractivity contribution is -0.141. The molecule has 2 atom stereocenters. The van der Waals surface area contributed by atoms with Crippen LogP contribution in [0.3, 0.4) is 0 Å². The molecule has 1 amide bonds. The van der Waals surface area contributed by atoms with Gasteiger partial charge in [0.2, 0.25) is 0 Å². The predicted molar refractivity (Wildman–Crippen MR) is 61.4 cm³/mol. The molecule has 7 heteroatoms. The SMILES string of the molecule is CC(O)C(NC(=O)c1ccc(N)cc1F)C(=O)O. The van der Waals surface area contributed by atoms with Crippen LogP contribution in [0.2, 0.25) is 0 Å². The smallest absolute Gasteiger partial charge is 0.328 e. The van der Waals surface area contributed by atoms with Crippen LogP contribution in [0.4, 0.5) is 10.1 Å². The van der Waals surface area contributed by atoms with Gasteiger partial charge >= 0.3 is 5.97 Å². The first-order valence-electron chi connectivity index (χ1n) is 5.09. The minimum atomic E-state index is -1.51. The molecular weight excluding hydrogens is 243 g/mol. The van der Waals surface area contributed by atoms with Gasteiger partial charge in [-0.2, -0.15) is 0 Å². The summed E-state index contributed by atoms with van der Waals surface area (Å²) in [6.07, 6.45) is -1.30. The number of carboxylic acid groups (broad SMARTS) is 1. The largest absolute Gasteiger partial charge is 0.480 e. The maximum atomic E-state index is 13.4. The fourth-order valence-corrected chi connectivity index (χ4v) is 1.32. The van der Waals surface area contributed by atoms with E-state index in [1.165, 1.54) is 13.0 Å². The molecule has 0 heterocycles. The van der Waals surface area contributed by atoms with Crippen LogP contribution in [-0.4, -0.2) is 34.2 Å². The zero-order chi connectivity index (χ0) is 13.9. The second kappa shape index (κ2) is 5.46. The predicted octanol–water partition coefficient (Wildman–Crippen LogP) is -0.0283. The molecule has 0 aliphatic carbocycles. The van der Waals surface area contributed by atoms with Crippen LogP contribution < -0.4 is 11.1 Å². The van der Waals surface area contributed by atoms with Crippen molar-refractivity contribution in [2.45, 2.75) is 19.1 Å². The Hall–Kier alpha value is -2.15. The Labute approximate surface area is 102 Å². The Balaban J connectivity index is 2.91. The molecule has 98 valence electrons. The fourth-order valence-electron chi connectivity index (χ4n) is 1.32. The monoisotopic (exact) mass is 256 g/mol. The molecule has 6 nitrogen and oxygen atoms in total. The Morgan fingerprint density at radius 2 is 2.06 bits per heavy atom. The number of rotatable bonds is 4. The van der Waals surface area contributed by atoms with Gasteiger partial charge in [-0.15, -0.1) is 0 Å². The van der Waals surface area contributed by atoms with E-state index in [4.69, 9.17) is 10.8 Å². The van der Waals surface area contributed by atoms with Crippen molar-refractivity contribution in [1.29, 1.82) is 0 Å². The number of anilines is 1. The molecule has 1 rings (SSSR count). The zero-order valence-electron chi connectivity index (χ0n) is 9.55. The molecule has 1 aromatic rings. The number of nitrogen functional groups attached to an aromatic ring is 1. The first-order chi connectivity index (χ1) is 8.32. The van der Waals surface area contributed by atoms with Gasteiger partial charge in [0, 0.05) is 5.69 Å². The highest BCUT2D eigenvalue weighted by Crippen LogP contribution is 2.12. The van der Waals surface area contributed by atoms with Gasteiger partial charge in [-0.3, -0.25) is 4.79 Å². The van der Waals surface area contributed by atoms with Crippen molar-refractivity contribution in [2.75, 3.05) is 5.73 Å². The molecule has 0 saturated heterocycles. The molecular formula is C11H13FN2O4. The number of aliphatic hydroxyl groups is 1. The molecule has 1 aromatic carbocycles. The average molecular weight is 256 g/mol. The maximum absolute atomic E-state index is 13.4. The highest BCUT2D eigenvalue weighted by molar-refractivity contribution is 5.97. The van der Waals surface area contributed by atoms with Crippen molar-refractivity contribution in [2.24, 2.45) is 0 Å². The lowest BCUT2D eigenvalue weighted by Gasteiger charge is -2.17. The van der Waals surface area contributed by atoms with E-state index in [2.05, 4.69) is 0 Å². The van der Waals surface area contributed by atoms with E-state index in [1.807, 2.05) is 5.32 Å². The number of aliphatic carboxylic acids is 1. The molecule has 2 unspecified atom stereocenters. The van der Waals surface area contributed by atoms with Crippen LogP contribution in [0.15, 0.2) is 18.2 Å². The van der Waals surface area contributed by atoms with Crippen LogP contribution in [-0.2, 0) is 4.79 Å². The summed E-state index contributed by atoms with van der Waals surface area (Å²) in [4.78, 5) is 22.4.